The molecule has 0 radical (unpaired) electrons. The van der Waals surface area contributed by atoms with E-state index in [-0.39, 0.29) is 10.9 Å². The fraction of sp³-hybridized carbons (Fsp3) is 0.160. The molecule has 33 heavy (non-hydrogen) atoms. The molecule has 2 heterocycles. The lowest BCUT2D eigenvalue weighted by Crippen LogP contribution is -2.16. The molecule has 0 spiro atoms. The third-order valence-corrected chi connectivity index (χ3v) is 5.81. The predicted molar refractivity (Wildman–Crippen MR) is 122 cm³/mol. The Morgan fingerprint density at radius 2 is 1.94 bits per heavy atom. The van der Waals surface area contributed by atoms with Crippen LogP contribution in [0.4, 0.5) is 14.5 Å². The number of benzene rings is 3. The topological polar surface area (TPSA) is 68.5 Å². The molecular formula is C25H20F2N4O2. The summed E-state index contributed by atoms with van der Waals surface area (Å²) in [6.45, 7) is 2.48. The van der Waals surface area contributed by atoms with E-state index in [0.717, 1.165) is 34.0 Å². The number of nitrogens with one attached hydrogen (secondary N) is 1. The molecule has 1 aliphatic rings. The van der Waals surface area contributed by atoms with E-state index >= 15 is 0 Å². The van der Waals surface area contributed by atoms with Gasteiger partial charge in [0.15, 0.2) is 0 Å². The van der Waals surface area contributed by atoms with Crippen molar-refractivity contribution >= 4 is 28.2 Å². The van der Waals surface area contributed by atoms with Crippen molar-refractivity contribution < 1.29 is 18.3 Å². The Kier molecular flexibility index (Phi) is 4.92. The summed E-state index contributed by atoms with van der Waals surface area (Å²) in [5.41, 5.74) is 4.50. The van der Waals surface area contributed by atoms with E-state index < -0.39 is 23.1 Å². The number of amides is 1. The number of halogens is 2. The summed E-state index contributed by atoms with van der Waals surface area (Å²) in [4.78, 5) is 17.5. The largest absolute Gasteiger partial charge is 0.496 e. The summed E-state index contributed by atoms with van der Waals surface area (Å²) in [6, 6.07) is 12.2. The molecular weight excluding hydrogens is 426 g/mol. The number of anilines is 1. The number of ether oxygens (including phenoxy) is 1. The van der Waals surface area contributed by atoms with Crippen molar-refractivity contribution in [2.75, 3.05) is 12.4 Å². The van der Waals surface area contributed by atoms with Crippen LogP contribution < -0.4 is 10.1 Å². The maximum absolute atomic E-state index is 14.9. The van der Waals surface area contributed by atoms with Crippen molar-refractivity contribution in [3.05, 3.63) is 88.1 Å². The highest BCUT2D eigenvalue weighted by atomic mass is 19.1. The zero-order chi connectivity index (χ0) is 23.3. The zero-order valence-corrected chi connectivity index (χ0v) is 18.2. The van der Waals surface area contributed by atoms with Gasteiger partial charge in [-0.15, -0.1) is 0 Å². The molecule has 1 N–H and O–H groups in total. The number of fused-ring (bicyclic) bond motifs is 2. The van der Waals surface area contributed by atoms with E-state index in [0.29, 0.717) is 18.0 Å². The van der Waals surface area contributed by atoms with Gasteiger partial charge in [0, 0.05) is 29.9 Å². The summed E-state index contributed by atoms with van der Waals surface area (Å²) in [5.74, 6) is -2.08. The zero-order valence-electron chi connectivity index (χ0n) is 18.2. The quantitative estimate of drug-likeness (QED) is 0.491. The number of methoxy groups -OCH3 is 1. The maximum atomic E-state index is 14.9. The monoisotopic (exact) mass is 446 g/mol. The SMILES string of the molecule is COc1ccc(C)cc1C1=NCc2ccc(NC(=O)c3c(F)cc4c(cnn4C)c3F)cc21. The lowest BCUT2D eigenvalue weighted by molar-refractivity contribution is 0.101. The molecule has 0 aliphatic carbocycles. The van der Waals surface area contributed by atoms with Gasteiger partial charge in [-0.1, -0.05) is 17.7 Å². The van der Waals surface area contributed by atoms with Gasteiger partial charge in [0.1, 0.15) is 22.9 Å². The average molecular weight is 446 g/mol. The molecule has 0 atom stereocenters. The van der Waals surface area contributed by atoms with Gasteiger partial charge in [-0.3, -0.25) is 14.5 Å². The lowest BCUT2D eigenvalue weighted by atomic mass is 9.97. The Labute approximate surface area is 188 Å². The van der Waals surface area contributed by atoms with Gasteiger partial charge in [0.2, 0.25) is 0 Å². The number of carbonyl (C=O) groups is 1. The molecule has 0 saturated carbocycles. The lowest BCUT2D eigenvalue weighted by Gasteiger charge is -2.13. The third kappa shape index (κ3) is 3.44. The number of aromatic nitrogens is 2. The number of aryl methyl sites for hydroxylation is 2. The summed E-state index contributed by atoms with van der Waals surface area (Å²) in [6.07, 6.45) is 1.27. The number of carbonyl (C=O) groups excluding carboxylic acids is 1. The second-order valence-electron chi connectivity index (χ2n) is 7.94. The smallest absolute Gasteiger partial charge is 0.261 e. The highest BCUT2D eigenvalue weighted by Gasteiger charge is 2.24. The van der Waals surface area contributed by atoms with Crippen molar-refractivity contribution in [1.29, 1.82) is 0 Å². The highest BCUT2D eigenvalue weighted by molar-refractivity contribution is 6.17. The van der Waals surface area contributed by atoms with Gasteiger partial charge >= 0.3 is 0 Å². The van der Waals surface area contributed by atoms with Crippen molar-refractivity contribution in [2.24, 2.45) is 12.0 Å². The number of hydrogen-bond donors (Lipinski definition) is 1. The molecule has 1 amide bonds. The van der Waals surface area contributed by atoms with Crippen LogP contribution in [0.15, 0.2) is 53.7 Å². The Morgan fingerprint density at radius 1 is 1.12 bits per heavy atom. The van der Waals surface area contributed by atoms with Crippen LogP contribution in [0.25, 0.3) is 10.9 Å². The maximum Gasteiger partial charge on any atom is 0.261 e. The number of aliphatic imine (C=N–C) groups is 1. The summed E-state index contributed by atoms with van der Waals surface area (Å²) >= 11 is 0. The molecule has 8 heteroatoms. The van der Waals surface area contributed by atoms with Crippen LogP contribution in [0.3, 0.4) is 0 Å². The van der Waals surface area contributed by atoms with Crippen molar-refractivity contribution in [1.82, 2.24) is 9.78 Å². The molecule has 0 fully saturated rings. The van der Waals surface area contributed by atoms with Gasteiger partial charge in [0.25, 0.3) is 5.91 Å². The van der Waals surface area contributed by atoms with E-state index in [4.69, 9.17) is 4.74 Å². The summed E-state index contributed by atoms with van der Waals surface area (Å²) < 4.78 is 36.4. The molecule has 1 aliphatic heterocycles. The Hall–Kier alpha value is -4.07. The summed E-state index contributed by atoms with van der Waals surface area (Å²) in [7, 11) is 3.18. The molecule has 3 aromatic carbocycles. The second kappa shape index (κ2) is 7.81. The molecule has 0 unspecified atom stereocenters. The first-order valence-electron chi connectivity index (χ1n) is 10.3. The first kappa shape index (κ1) is 20.8. The van der Waals surface area contributed by atoms with Crippen molar-refractivity contribution in [3.8, 4) is 5.75 Å². The fourth-order valence-corrected chi connectivity index (χ4v) is 4.12. The van der Waals surface area contributed by atoms with E-state index in [1.807, 2.05) is 31.2 Å². The number of nitrogens with zero attached hydrogens (tertiary/aromatic N) is 3. The molecule has 6 nitrogen and oxygen atoms in total. The minimum Gasteiger partial charge on any atom is -0.496 e. The highest BCUT2D eigenvalue weighted by Crippen LogP contribution is 2.31. The van der Waals surface area contributed by atoms with Gasteiger partial charge in [-0.25, -0.2) is 8.78 Å². The fourth-order valence-electron chi connectivity index (χ4n) is 4.12. The van der Waals surface area contributed by atoms with Gasteiger partial charge < -0.3 is 10.1 Å². The van der Waals surface area contributed by atoms with Crippen LogP contribution in [-0.2, 0) is 13.6 Å². The van der Waals surface area contributed by atoms with E-state index in [1.54, 1.807) is 26.3 Å². The number of rotatable bonds is 4. The molecule has 5 rings (SSSR count). The first-order chi connectivity index (χ1) is 15.9. The Morgan fingerprint density at radius 3 is 2.73 bits per heavy atom. The predicted octanol–water partition coefficient (Wildman–Crippen LogP) is 4.77. The van der Waals surface area contributed by atoms with Crippen molar-refractivity contribution in [3.63, 3.8) is 0 Å². The molecule has 166 valence electrons. The summed E-state index contributed by atoms with van der Waals surface area (Å²) in [5, 5.41) is 6.64. The number of hydrogen-bond acceptors (Lipinski definition) is 4. The Balaban J connectivity index is 1.50. The normalized spacial score (nSPS) is 12.6. The van der Waals surface area contributed by atoms with Crippen LogP contribution >= 0.6 is 0 Å². The molecule has 1 aromatic heterocycles. The van der Waals surface area contributed by atoms with Crippen LogP contribution in [-0.4, -0.2) is 28.5 Å². The van der Waals surface area contributed by atoms with Crippen LogP contribution in [0.5, 0.6) is 5.75 Å². The average Bonchev–Trinajstić information content (AvgIpc) is 3.37. The van der Waals surface area contributed by atoms with Crippen LogP contribution in [0.1, 0.15) is 32.6 Å². The van der Waals surface area contributed by atoms with E-state index in [9.17, 15) is 13.6 Å². The minimum atomic E-state index is -0.950. The standard InChI is InChI=1S/C25H20F2N4O2/c1-13-4-7-21(33-3)17(8-13)24-16-9-15(6-5-14(16)11-28-24)30-25(32)22-19(26)10-20-18(23(22)27)12-29-31(20)2/h4-10,12H,11H2,1-3H3,(H,30,32). The first-order valence-corrected chi connectivity index (χ1v) is 10.3. The third-order valence-electron chi connectivity index (χ3n) is 5.81. The second-order valence-corrected chi connectivity index (χ2v) is 7.94. The van der Waals surface area contributed by atoms with Gasteiger partial charge in [-0.05, 0) is 36.8 Å². The van der Waals surface area contributed by atoms with Gasteiger partial charge in [-0.2, -0.15) is 5.10 Å². The van der Waals surface area contributed by atoms with E-state index in [1.165, 1.54) is 10.9 Å². The molecule has 4 aromatic rings. The van der Waals surface area contributed by atoms with E-state index in [2.05, 4.69) is 15.4 Å². The molecule has 0 saturated heterocycles. The Bertz CT molecular complexity index is 1470. The van der Waals surface area contributed by atoms with Gasteiger partial charge in [0.05, 0.1) is 36.5 Å². The van der Waals surface area contributed by atoms with Crippen LogP contribution in [0, 0.1) is 18.6 Å². The molecule has 0 bridgehead atoms. The van der Waals surface area contributed by atoms with Crippen LogP contribution in [0.2, 0.25) is 0 Å². The minimum absolute atomic E-state index is 0.0824. The van der Waals surface area contributed by atoms with Crippen molar-refractivity contribution in [2.45, 2.75) is 13.5 Å².